The highest BCUT2D eigenvalue weighted by Gasteiger charge is 2.20. The van der Waals surface area contributed by atoms with Crippen molar-refractivity contribution < 1.29 is 9.90 Å². The van der Waals surface area contributed by atoms with Crippen LogP contribution in [0.25, 0.3) is 0 Å². The highest BCUT2D eigenvalue weighted by atomic mass is 32.2. The Morgan fingerprint density at radius 2 is 2.53 bits per heavy atom. The van der Waals surface area contributed by atoms with Crippen LogP contribution in [-0.2, 0) is 11.3 Å². The SMILES string of the molecule is CN1CCC(Cn2ccnc2SCC(=O)O)C1. The monoisotopic (exact) mass is 255 g/mol. The van der Waals surface area contributed by atoms with E-state index in [1.807, 2.05) is 6.20 Å². The molecular formula is C11H17N3O2S. The summed E-state index contributed by atoms with van der Waals surface area (Å²) in [7, 11) is 2.13. The Morgan fingerprint density at radius 1 is 1.71 bits per heavy atom. The first-order valence-electron chi connectivity index (χ1n) is 5.69. The third-order valence-corrected chi connectivity index (χ3v) is 3.94. The molecule has 0 radical (unpaired) electrons. The van der Waals surface area contributed by atoms with Crippen molar-refractivity contribution in [1.29, 1.82) is 0 Å². The van der Waals surface area contributed by atoms with Gasteiger partial charge in [0.05, 0.1) is 5.75 Å². The van der Waals surface area contributed by atoms with E-state index >= 15 is 0 Å². The van der Waals surface area contributed by atoms with Gasteiger partial charge in [-0.2, -0.15) is 0 Å². The lowest BCUT2D eigenvalue weighted by molar-refractivity contribution is -0.133. The third-order valence-electron chi connectivity index (χ3n) is 2.95. The summed E-state index contributed by atoms with van der Waals surface area (Å²) < 4.78 is 2.07. The molecule has 0 bridgehead atoms. The Kier molecular flexibility index (Phi) is 4.06. The number of carboxylic acids is 1. The van der Waals surface area contributed by atoms with Crippen molar-refractivity contribution in [1.82, 2.24) is 14.5 Å². The molecule has 1 aliphatic heterocycles. The number of carboxylic acid groups (broad SMARTS) is 1. The van der Waals surface area contributed by atoms with Gasteiger partial charge in [-0.25, -0.2) is 4.98 Å². The van der Waals surface area contributed by atoms with E-state index < -0.39 is 5.97 Å². The number of carbonyl (C=O) groups is 1. The number of thioether (sulfide) groups is 1. The van der Waals surface area contributed by atoms with Gasteiger partial charge in [-0.3, -0.25) is 4.79 Å². The van der Waals surface area contributed by atoms with E-state index in [4.69, 9.17) is 5.11 Å². The van der Waals surface area contributed by atoms with Crippen LogP contribution in [0.2, 0.25) is 0 Å². The van der Waals surface area contributed by atoms with Crippen molar-refractivity contribution in [2.45, 2.75) is 18.1 Å². The molecule has 94 valence electrons. The highest BCUT2D eigenvalue weighted by molar-refractivity contribution is 7.99. The Hall–Kier alpha value is -1.01. The maximum Gasteiger partial charge on any atom is 0.313 e. The number of aliphatic carboxylic acids is 1. The lowest BCUT2D eigenvalue weighted by Gasteiger charge is -2.12. The molecule has 1 aromatic rings. The number of hydrogen-bond donors (Lipinski definition) is 1. The van der Waals surface area contributed by atoms with Gasteiger partial charge in [-0.15, -0.1) is 0 Å². The van der Waals surface area contributed by atoms with Gasteiger partial charge in [0.1, 0.15) is 0 Å². The summed E-state index contributed by atoms with van der Waals surface area (Å²) in [6.45, 7) is 3.20. The molecule has 0 saturated carbocycles. The molecule has 1 N–H and O–H groups in total. The zero-order valence-electron chi connectivity index (χ0n) is 9.87. The molecule has 5 nitrogen and oxygen atoms in total. The van der Waals surface area contributed by atoms with Crippen LogP contribution in [0.5, 0.6) is 0 Å². The Morgan fingerprint density at radius 3 is 3.18 bits per heavy atom. The van der Waals surface area contributed by atoms with Gasteiger partial charge in [-0.1, -0.05) is 11.8 Å². The fourth-order valence-corrected chi connectivity index (χ4v) is 2.84. The first-order chi connectivity index (χ1) is 8.15. The summed E-state index contributed by atoms with van der Waals surface area (Å²) >= 11 is 1.28. The van der Waals surface area contributed by atoms with Crippen molar-refractivity contribution in [2.75, 3.05) is 25.9 Å². The Labute approximate surface area is 105 Å². The molecule has 1 atom stereocenters. The van der Waals surface area contributed by atoms with Gasteiger partial charge < -0.3 is 14.6 Å². The average Bonchev–Trinajstić information content (AvgIpc) is 2.86. The van der Waals surface area contributed by atoms with E-state index in [2.05, 4.69) is 21.5 Å². The van der Waals surface area contributed by atoms with Gasteiger partial charge in [0, 0.05) is 25.5 Å². The number of imidazole rings is 1. The minimum absolute atomic E-state index is 0.0710. The maximum absolute atomic E-state index is 10.5. The van der Waals surface area contributed by atoms with Crippen LogP contribution in [0.4, 0.5) is 0 Å². The predicted octanol–water partition coefficient (Wildman–Crippen LogP) is 1.01. The second kappa shape index (κ2) is 5.55. The van der Waals surface area contributed by atoms with Crippen LogP contribution in [0.15, 0.2) is 17.6 Å². The second-order valence-electron chi connectivity index (χ2n) is 4.46. The van der Waals surface area contributed by atoms with Crippen LogP contribution in [-0.4, -0.2) is 51.4 Å². The summed E-state index contributed by atoms with van der Waals surface area (Å²) in [6.07, 6.45) is 4.88. The third kappa shape index (κ3) is 3.47. The van der Waals surface area contributed by atoms with E-state index in [0.29, 0.717) is 5.92 Å². The lowest BCUT2D eigenvalue weighted by Crippen LogP contribution is -2.17. The number of nitrogens with zero attached hydrogens (tertiary/aromatic N) is 3. The fourth-order valence-electron chi connectivity index (χ4n) is 2.15. The average molecular weight is 255 g/mol. The number of aromatic nitrogens is 2. The van der Waals surface area contributed by atoms with Crippen molar-refractivity contribution >= 4 is 17.7 Å². The fraction of sp³-hybridized carbons (Fsp3) is 0.636. The van der Waals surface area contributed by atoms with Crippen molar-refractivity contribution in [3.8, 4) is 0 Å². The molecule has 1 unspecified atom stereocenters. The molecule has 0 spiro atoms. The summed E-state index contributed by atoms with van der Waals surface area (Å²) in [5.74, 6) is -0.0785. The van der Waals surface area contributed by atoms with Gasteiger partial charge in [0.2, 0.25) is 0 Å². The van der Waals surface area contributed by atoms with E-state index in [1.54, 1.807) is 6.20 Å². The van der Waals surface area contributed by atoms with E-state index in [0.717, 1.165) is 24.8 Å². The zero-order chi connectivity index (χ0) is 12.3. The first-order valence-corrected chi connectivity index (χ1v) is 6.68. The topological polar surface area (TPSA) is 58.4 Å². The van der Waals surface area contributed by atoms with Gasteiger partial charge >= 0.3 is 5.97 Å². The minimum Gasteiger partial charge on any atom is -0.481 e. The lowest BCUT2D eigenvalue weighted by atomic mass is 10.1. The summed E-state index contributed by atoms with van der Waals surface area (Å²) in [4.78, 5) is 17.1. The molecule has 1 fully saturated rings. The first kappa shape index (κ1) is 12.4. The normalized spacial score (nSPS) is 20.9. The van der Waals surface area contributed by atoms with Crippen molar-refractivity contribution in [3.63, 3.8) is 0 Å². The molecule has 1 aliphatic rings. The van der Waals surface area contributed by atoms with Crippen LogP contribution < -0.4 is 0 Å². The maximum atomic E-state index is 10.5. The molecule has 0 aliphatic carbocycles. The van der Waals surface area contributed by atoms with Crippen molar-refractivity contribution in [3.05, 3.63) is 12.4 Å². The van der Waals surface area contributed by atoms with Crippen LogP contribution in [0.1, 0.15) is 6.42 Å². The van der Waals surface area contributed by atoms with Crippen LogP contribution in [0.3, 0.4) is 0 Å². The molecule has 0 amide bonds. The van der Waals surface area contributed by atoms with Crippen LogP contribution in [0, 0.1) is 5.92 Å². The quantitative estimate of drug-likeness (QED) is 0.796. The van der Waals surface area contributed by atoms with Crippen molar-refractivity contribution in [2.24, 2.45) is 5.92 Å². The summed E-state index contributed by atoms with van der Waals surface area (Å²) in [5, 5.41) is 9.46. The number of rotatable bonds is 5. The largest absolute Gasteiger partial charge is 0.481 e. The molecule has 17 heavy (non-hydrogen) atoms. The standard InChI is InChI=1S/C11H17N3O2S/c1-13-4-2-9(6-13)7-14-5-3-12-11(14)17-8-10(15)16/h3,5,9H,2,4,6-8H2,1H3,(H,15,16). The Bertz CT molecular complexity index is 394. The van der Waals surface area contributed by atoms with Gasteiger partial charge in [-0.05, 0) is 25.9 Å². The summed E-state index contributed by atoms with van der Waals surface area (Å²) in [5.41, 5.74) is 0. The summed E-state index contributed by atoms with van der Waals surface area (Å²) in [6, 6.07) is 0. The van der Waals surface area contributed by atoms with Gasteiger partial charge in [0.25, 0.3) is 0 Å². The Balaban J connectivity index is 1.92. The smallest absolute Gasteiger partial charge is 0.313 e. The molecule has 0 aromatic carbocycles. The molecule has 2 rings (SSSR count). The van der Waals surface area contributed by atoms with E-state index in [-0.39, 0.29) is 5.75 Å². The van der Waals surface area contributed by atoms with Crippen LogP contribution >= 0.6 is 11.8 Å². The minimum atomic E-state index is -0.801. The molecule has 1 aromatic heterocycles. The molecule has 6 heteroatoms. The van der Waals surface area contributed by atoms with E-state index in [9.17, 15) is 4.79 Å². The molecule has 1 saturated heterocycles. The van der Waals surface area contributed by atoms with Gasteiger partial charge in [0.15, 0.2) is 5.16 Å². The second-order valence-corrected chi connectivity index (χ2v) is 5.40. The van der Waals surface area contributed by atoms with E-state index in [1.165, 1.54) is 18.2 Å². The number of hydrogen-bond acceptors (Lipinski definition) is 4. The predicted molar refractivity (Wildman–Crippen MR) is 66.2 cm³/mol. The molecular weight excluding hydrogens is 238 g/mol. The molecule has 2 heterocycles. The zero-order valence-corrected chi connectivity index (χ0v) is 10.7. The number of likely N-dealkylation sites (tertiary alicyclic amines) is 1. The highest BCUT2D eigenvalue weighted by Crippen LogP contribution is 2.21.